The van der Waals surface area contributed by atoms with Gasteiger partial charge in [-0.25, -0.2) is 4.98 Å². The summed E-state index contributed by atoms with van der Waals surface area (Å²) in [6.07, 6.45) is 1.12. The molecular formula is C23H28N4OS. The van der Waals surface area contributed by atoms with Gasteiger partial charge in [-0.15, -0.1) is 0 Å². The van der Waals surface area contributed by atoms with Crippen molar-refractivity contribution < 1.29 is 4.79 Å². The third kappa shape index (κ3) is 6.12. The molecule has 3 rings (SSSR count). The smallest absolute Gasteiger partial charge is 0.226 e. The summed E-state index contributed by atoms with van der Waals surface area (Å²) >= 11 is 1.40. The fourth-order valence-corrected chi connectivity index (χ4v) is 3.82. The van der Waals surface area contributed by atoms with Crippen molar-refractivity contribution in [3.8, 4) is 0 Å². The molecule has 0 bridgehead atoms. The van der Waals surface area contributed by atoms with Crippen molar-refractivity contribution in [2.24, 2.45) is 0 Å². The molecule has 0 saturated carbocycles. The monoisotopic (exact) mass is 408 g/mol. The number of nitrogens with one attached hydrogen (secondary N) is 1. The Bertz CT molecular complexity index is 932. The van der Waals surface area contributed by atoms with Gasteiger partial charge in [-0.3, -0.25) is 4.79 Å². The van der Waals surface area contributed by atoms with Crippen LogP contribution in [0, 0.1) is 13.8 Å². The number of carbonyl (C=O) groups excluding carboxylic acids is 1. The maximum absolute atomic E-state index is 12.4. The van der Waals surface area contributed by atoms with Gasteiger partial charge in [-0.2, -0.15) is 4.37 Å². The Morgan fingerprint density at radius 1 is 1.03 bits per heavy atom. The molecule has 0 saturated heterocycles. The van der Waals surface area contributed by atoms with E-state index in [0.29, 0.717) is 13.0 Å². The van der Waals surface area contributed by atoms with Crippen LogP contribution in [0.4, 0.5) is 10.8 Å². The summed E-state index contributed by atoms with van der Waals surface area (Å²) in [5.41, 5.74) is 4.45. The number of hydrogen-bond acceptors (Lipinski definition) is 5. The minimum atomic E-state index is 0.00361. The average Bonchev–Trinajstić information content (AvgIpc) is 3.13. The maximum atomic E-state index is 12.4. The molecule has 2 aromatic carbocycles. The second kappa shape index (κ2) is 9.65. The number of nitrogens with zero attached hydrogens (tertiary/aromatic N) is 3. The van der Waals surface area contributed by atoms with E-state index in [1.54, 1.807) is 0 Å². The first-order valence-electron chi connectivity index (χ1n) is 9.92. The predicted molar refractivity (Wildman–Crippen MR) is 121 cm³/mol. The van der Waals surface area contributed by atoms with Crippen molar-refractivity contribution >= 4 is 28.3 Å². The summed E-state index contributed by atoms with van der Waals surface area (Å²) in [4.78, 5) is 19.2. The maximum Gasteiger partial charge on any atom is 0.226 e. The quantitative estimate of drug-likeness (QED) is 0.570. The van der Waals surface area contributed by atoms with E-state index in [1.807, 2.05) is 31.2 Å². The van der Waals surface area contributed by atoms with E-state index < -0.39 is 0 Å². The van der Waals surface area contributed by atoms with Gasteiger partial charge in [0.25, 0.3) is 0 Å². The molecule has 1 amide bonds. The van der Waals surface area contributed by atoms with Gasteiger partial charge in [-0.05, 0) is 45.4 Å². The SMILES string of the molecule is Cc1ccc(Cc2nsc(N(CCC(=O)Nc3ccc(C)cc3)C(C)C)n2)cc1. The van der Waals surface area contributed by atoms with Crippen LogP contribution < -0.4 is 10.2 Å². The highest BCUT2D eigenvalue weighted by atomic mass is 32.1. The van der Waals surface area contributed by atoms with Crippen LogP contribution in [0.3, 0.4) is 0 Å². The highest BCUT2D eigenvalue weighted by molar-refractivity contribution is 7.09. The molecule has 0 aliphatic carbocycles. The van der Waals surface area contributed by atoms with Crippen molar-refractivity contribution in [3.63, 3.8) is 0 Å². The second-order valence-corrected chi connectivity index (χ2v) is 8.34. The minimum Gasteiger partial charge on any atom is -0.344 e. The van der Waals surface area contributed by atoms with E-state index in [1.165, 1.54) is 28.2 Å². The molecular weight excluding hydrogens is 380 g/mol. The number of hydrogen-bond donors (Lipinski definition) is 1. The molecule has 0 aliphatic heterocycles. The van der Waals surface area contributed by atoms with E-state index >= 15 is 0 Å². The largest absolute Gasteiger partial charge is 0.344 e. The molecule has 152 valence electrons. The highest BCUT2D eigenvalue weighted by Gasteiger charge is 2.17. The summed E-state index contributed by atoms with van der Waals surface area (Å²) in [6, 6.07) is 16.5. The number of aryl methyl sites for hydroxylation is 2. The number of anilines is 2. The first kappa shape index (κ1) is 21.0. The normalized spacial score (nSPS) is 10.9. The molecule has 0 unspecified atom stereocenters. The third-order valence-electron chi connectivity index (χ3n) is 4.72. The van der Waals surface area contributed by atoms with Crippen molar-refractivity contribution in [2.75, 3.05) is 16.8 Å². The predicted octanol–water partition coefficient (Wildman–Crippen LogP) is 4.99. The van der Waals surface area contributed by atoms with Crippen LogP contribution in [-0.4, -0.2) is 27.9 Å². The van der Waals surface area contributed by atoms with E-state index in [4.69, 9.17) is 4.98 Å². The van der Waals surface area contributed by atoms with Crippen molar-refractivity contribution in [3.05, 3.63) is 71.0 Å². The average molecular weight is 409 g/mol. The molecule has 1 N–H and O–H groups in total. The second-order valence-electron chi connectivity index (χ2n) is 7.61. The van der Waals surface area contributed by atoms with Gasteiger partial charge < -0.3 is 10.2 Å². The number of amides is 1. The number of carbonyl (C=O) groups is 1. The van der Waals surface area contributed by atoms with E-state index in [-0.39, 0.29) is 11.9 Å². The van der Waals surface area contributed by atoms with Crippen molar-refractivity contribution in [2.45, 2.75) is 46.6 Å². The molecule has 0 fully saturated rings. The molecule has 5 nitrogen and oxygen atoms in total. The lowest BCUT2D eigenvalue weighted by atomic mass is 10.1. The zero-order valence-electron chi connectivity index (χ0n) is 17.5. The van der Waals surface area contributed by atoms with Crippen LogP contribution in [0.2, 0.25) is 0 Å². The molecule has 6 heteroatoms. The Balaban J connectivity index is 1.59. The van der Waals surface area contributed by atoms with Crippen molar-refractivity contribution in [1.82, 2.24) is 9.36 Å². The van der Waals surface area contributed by atoms with Crippen LogP contribution in [0.5, 0.6) is 0 Å². The molecule has 29 heavy (non-hydrogen) atoms. The van der Waals surface area contributed by atoms with Crippen molar-refractivity contribution in [1.29, 1.82) is 0 Å². The van der Waals surface area contributed by atoms with Crippen LogP contribution in [0.25, 0.3) is 0 Å². The Morgan fingerprint density at radius 3 is 2.28 bits per heavy atom. The fourth-order valence-electron chi connectivity index (χ4n) is 2.98. The van der Waals surface area contributed by atoms with Gasteiger partial charge in [0.1, 0.15) is 5.82 Å². The van der Waals surface area contributed by atoms with Gasteiger partial charge in [0, 0.05) is 42.6 Å². The van der Waals surface area contributed by atoms with Crippen LogP contribution in [-0.2, 0) is 11.2 Å². The van der Waals surface area contributed by atoms with Crippen LogP contribution in [0.1, 0.15) is 42.8 Å². The van der Waals surface area contributed by atoms with Crippen LogP contribution >= 0.6 is 11.5 Å². The molecule has 0 spiro atoms. The molecule has 3 aromatic rings. The first-order chi connectivity index (χ1) is 13.9. The Kier molecular flexibility index (Phi) is 6.99. The van der Waals surface area contributed by atoms with Gasteiger partial charge in [0.15, 0.2) is 0 Å². The summed E-state index contributed by atoms with van der Waals surface area (Å²) in [5, 5.41) is 3.83. The van der Waals surface area contributed by atoms with Gasteiger partial charge in [0.05, 0.1) is 0 Å². The molecule has 0 atom stereocenters. The summed E-state index contributed by atoms with van der Waals surface area (Å²) in [6.45, 7) is 8.94. The van der Waals surface area contributed by atoms with Gasteiger partial charge in [-0.1, -0.05) is 47.5 Å². The van der Waals surface area contributed by atoms with Gasteiger partial charge >= 0.3 is 0 Å². The third-order valence-corrected chi connectivity index (χ3v) is 5.52. The molecule has 0 aliphatic rings. The zero-order chi connectivity index (χ0) is 20.8. The molecule has 0 radical (unpaired) electrons. The van der Waals surface area contributed by atoms with E-state index in [0.717, 1.165) is 23.1 Å². The molecule has 1 aromatic heterocycles. The topological polar surface area (TPSA) is 58.1 Å². The highest BCUT2D eigenvalue weighted by Crippen LogP contribution is 2.22. The Hall–Kier alpha value is -2.73. The molecule has 1 heterocycles. The summed E-state index contributed by atoms with van der Waals surface area (Å²) in [7, 11) is 0. The summed E-state index contributed by atoms with van der Waals surface area (Å²) in [5.74, 6) is 0.826. The Morgan fingerprint density at radius 2 is 1.66 bits per heavy atom. The summed E-state index contributed by atoms with van der Waals surface area (Å²) < 4.78 is 4.53. The lowest BCUT2D eigenvalue weighted by molar-refractivity contribution is -0.116. The number of benzene rings is 2. The van der Waals surface area contributed by atoms with E-state index in [9.17, 15) is 4.79 Å². The fraction of sp³-hybridized carbons (Fsp3) is 0.348. The van der Waals surface area contributed by atoms with E-state index in [2.05, 4.69) is 59.6 Å². The standard InChI is InChI=1S/C23H28N4OS/c1-16(2)27(14-13-22(28)24-20-11-7-18(4)8-12-20)23-25-21(26-29-23)15-19-9-5-17(3)6-10-19/h5-12,16H,13-15H2,1-4H3,(H,24,28). The van der Waals surface area contributed by atoms with Gasteiger partial charge in [0.2, 0.25) is 11.0 Å². The number of rotatable bonds is 8. The first-order valence-corrected chi connectivity index (χ1v) is 10.7. The number of aromatic nitrogens is 2. The zero-order valence-corrected chi connectivity index (χ0v) is 18.3. The van der Waals surface area contributed by atoms with Crippen LogP contribution in [0.15, 0.2) is 48.5 Å². The lowest BCUT2D eigenvalue weighted by Crippen LogP contribution is -2.33. The minimum absolute atomic E-state index is 0.00361. The Labute approximate surface area is 177 Å². The lowest BCUT2D eigenvalue weighted by Gasteiger charge is -2.25.